The van der Waals surface area contributed by atoms with Crippen LogP contribution in [0.15, 0.2) is 0 Å². The van der Waals surface area contributed by atoms with Crippen molar-refractivity contribution in [1.29, 1.82) is 0 Å². The summed E-state index contributed by atoms with van der Waals surface area (Å²) in [5.41, 5.74) is 0. The summed E-state index contributed by atoms with van der Waals surface area (Å²) in [4.78, 5) is 0.103. The van der Waals surface area contributed by atoms with Crippen molar-refractivity contribution in [3.05, 3.63) is 0 Å². The van der Waals surface area contributed by atoms with Gasteiger partial charge in [-0.05, 0) is 31.1 Å². The minimum absolute atomic E-state index is 0.103. The van der Waals surface area contributed by atoms with Crippen LogP contribution >= 0.6 is 11.6 Å². The highest BCUT2D eigenvalue weighted by atomic mass is 35.5. The molecular formula is C21H43Cl. The van der Waals surface area contributed by atoms with Crippen LogP contribution in [0, 0.1) is 11.8 Å². The van der Waals surface area contributed by atoms with Gasteiger partial charge in [-0.25, -0.2) is 0 Å². The summed E-state index contributed by atoms with van der Waals surface area (Å²) in [6.07, 6.45) is 17.2. The Kier molecular flexibility index (Phi) is 13.9. The van der Waals surface area contributed by atoms with Crippen LogP contribution in [0.4, 0.5) is 0 Å². The lowest BCUT2D eigenvalue weighted by Crippen LogP contribution is -2.21. The molecular weight excluding hydrogens is 288 g/mol. The van der Waals surface area contributed by atoms with E-state index in [9.17, 15) is 0 Å². The molecule has 0 aliphatic carbocycles. The summed E-state index contributed by atoms with van der Waals surface area (Å²) >= 11 is 7.00. The van der Waals surface area contributed by atoms with Crippen molar-refractivity contribution in [3.63, 3.8) is 0 Å². The molecule has 22 heavy (non-hydrogen) atoms. The lowest BCUT2D eigenvalue weighted by molar-refractivity contribution is 0.395. The van der Waals surface area contributed by atoms with Gasteiger partial charge in [-0.15, -0.1) is 11.6 Å². The molecule has 0 spiro atoms. The lowest BCUT2D eigenvalue weighted by atomic mass is 9.88. The first-order valence-electron chi connectivity index (χ1n) is 10.1. The maximum atomic E-state index is 7.00. The minimum atomic E-state index is 0.103. The van der Waals surface area contributed by atoms with E-state index >= 15 is 0 Å². The van der Waals surface area contributed by atoms with Gasteiger partial charge in [0, 0.05) is 4.87 Å². The Bertz CT molecular complexity index is 214. The maximum Gasteiger partial charge on any atom is 0.0446 e. The van der Waals surface area contributed by atoms with E-state index in [2.05, 4.69) is 34.6 Å². The highest BCUT2D eigenvalue weighted by molar-refractivity contribution is 6.23. The first-order chi connectivity index (χ1) is 10.4. The summed E-state index contributed by atoms with van der Waals surface area (Å²) in [6, 6.07) is 0. The molecule has 0 fully saturated rings. The SMILES string of the molecule is CCCCC(Cl)(CCCCCC(C)C)CCCCCC(C)C. The number of rotatable bonds is 15. The van der Waals surface area contributed by atoms with Gasteiger partial charge in [0.1, 0.15) is 0 Å². The number of unbranched alkanes of at least 4 members (excludes halogenated alkanes) is 5. The molecule has 134 valence electrons. The fourth-order valence-corrected chi connectivity index (χ4v) is 3.61. The number of halogens is 1. The van der Waals surface area contributed by atoms with E-state index in [0.717, 1.165) is 11.8 Å². The third-order valence-electron chi connectivity index (χ3n) is 4.79. The van der Waals surface area contributed by atoms with E-state index in [1.165, 1.54) is 83.5 Å². The average Bonchev–Trinajstić information content (AvgIpc) is 2.44. The van der Waals surface area contributed by atoms with Crippen molar-refractivity contribution < 1.29 is 0 Å². The maximum absolute atomic E-state index is 7.00. The molecule has 0 saturated heterocycles. The summed E-state index contributed by atoms with van der Waals surface area (Å²) in [7, 11) is 0. The molecule has 0 saturated carbocycles. The molecule has 0 radical (unpaired) electrons. The predicted octanol–water partition coefficient (Wildman–Crippen LogP) is 8.37. The highest BCUT2D eigenvalue weighted by Crippen LogP contribution is 2.35. The van der Waals surface area contributed by atoms with Crippen LogP contribution in [0.3, 0.4) is 0 Å². The second kappa shape index (κ2) is 13.7. The molecule has 0 aromatic carbocycles. The van der Waals surface area contributed by atoms with Gasteiger partial charge < -0.3 is 0 Å². The second-order valence-corrected chi connectivity index (χ2v) is 9.04. The lowest BCUT2D eigenvalue weighted by Gasteiger charge is -2.27. The van der Waals surface area contributed by atoms with E-state index in [1.54, 1.807) is 0 Å². The second-order valence-electron chi connectivity index (χ2n) is 8.24. The van der Waals surface area contributed by atoms with E-state index in [4.69, 9.17) is 11.6 Å². The summed E-state index contributed by atoms with van der Waals surface area (Å²) in [5, 5.41) is 0. The monoisotopic (exact) mass is 330 g/mol. The largest absolute Gasteiger partial charge is 0.119 e. The van der Waals surface area contributed by atoms with Crippen LogP contribution < -0.4 is 0 Å². The molecule has 0 amide bonds. The molecule has 0 atom stereocenters. The van der Waals surface area contributed by atoms with Crippen molar-refractivity contribution in [2.24, 2.45) is 11.8 Å². The smallest absolute Gasteiger partial charge is 0.0446 e. The third-order valence-corrected chi connectivity index (χ3v) is 5.36. The fourth-order valence-electron chi connectivity index (χ4n) is 3.21. The molecule has 0 bridgehead atoms. The number of hydrogen-bond acceptors (Lipinski definition) is 0. The van der Waals surface area contributed by atoms with Crippen LogP contribution in [0.25, 0.3) is 0 Å². The van der Waals surface area contributed by atoms with Crippen molar-refractivity contribution in [1.82, 2.24) is 0 Å². The molecule has 0 aromatic rings. The van der Waals surface area contributed by atoms with Crippen LogP contribution in [0.5, 0.6) is 0 Å². The van der Waals surface area contributed by atoms with E-state index < -0.39 is 0 Å². The van der Waals surface area contributed by atoms with Gasteiger partial charge in [0.25, 0.3) is 0 Å². The van der Waals surface area contributed by atoms with Gasteiger partial charge in [-0.3, -0.25) is 0 Å². The normalized spacial score (nSPS) is 12.5. The predicted molar refractivity (Wildman–Crippen MR) is 104 cm³/mol. The quantitative estimate of drug-likeness (QED) is 0.209. The first kappa shape index (κ1) is 22.3. The van der Waals surface area contributed by atoms with Gasteiger partial charge >= 0.3 is 0 Å². The third kappa shape index (κ3) is 13.9. The Hall–Kier alpha value is 0.290. The Morgan fingerprint density at radius 2 is 1.05 bits per heavy atom. The number of hydrogen-bond donors (Lipinski definition) is 0. The summed E-state index contributed by atoms with van der Waals surface area (Å²) in [5.74, 6) is 1.70. The minimum Gasteiger partial charge on any atom is -0.119 e. The van der Waals surface area contributed by atoms with Gasteiger partial charge in [0.2, 0.25) is 0 Å². The van der Waals surface area contributed by atoms with Gasteiger partial charge in [0.05, 0.1) is 0 Å². The number of alkyl halides is 1. The van der Waals surface area contributed by atoms with E-state index in [1.807, 2.05) is 0 Å². The molecule has 0 aliphatic heterocycles. The van der Waals surface area contributed by atoms with Crippen LogP contribution in [-0.4, -0.2) is 4.87 Å². The Morgan fingerprint density at radius 1 is 0.636 bits per heavy atom. The Labute approximate surface area is 146 Å². The van der Waals surface area contributed by atoms with Crippen LogP contribution in [0.1, 0.15) is 118 Å². The van der Waals surface area contributed by atoms with Crippen molar-refractivity contribution in [2.45, 2.75) is 123 Å². The molecule has 0 N–H and O–H groups in total. The fraction of sp³-hybridized carbons (Fsp3) is 1.00. The zero-order valence-corrected chi connectivity index (χ0v) is 17.0. The molecule has 0 unspecified atom stereocenters. The standard InChI is InChI=1S/C21H43Cl/c1-6-7-16-21(22,17-12-8-10-14-19(2)3)18-13-9-11-15-20(4)5/h19-20H,6-18H2,1-5H3. The Morgan fingerprint density at radius 3 is 1.41 bits per heavy atom. The Balaban J connectivity index is 3.94. The molecule has 0 nitrogen and oxygen atoms in total. The van der Waals surface area contributed by atoms with Gasteiger partial charge in [-0.2, -0.15) is 0 Å². The summed E-state index contributed by atoms with van der Waals surface area (Å²) < 4.78 is 0. The molecule has 0 heterocycles. The topological polar surface area (TPSA) is 0 Å². The highest BCUT2D eigenvalue weighted by Gasteiger charge is 2.25. The molecule has 0 aliphatic rings. The van der Waals surface area contributed by atoms with Crippen molar-refractivity contribution >= 4 is 11.6 Å². The van der Waals surface area contributed by atoms with Crippen LogP contribution in [-0.2, 0) is 0 Å². The van der Waals surface area contributed by atoms with Crippen LogP contribution in [0.2, 0.25) is 0 Å². The first-order valence-corrected chi connectivity index (χ1v) is 10.5. The zero-order chi connectivity index (χ0) is 16.8. The van der Waals surface area contributed by atoms with E-state index in [-0.39, 0.29) is 4.87 Å². The zero-order valence-electron chi connectivity index (χ0n) is 16.2. The van der Waals surface area contributed by atoms with Crippen molar-refractivity contribution in [2.75, 3.05) is 0 Å². The molecule has 0 aromatic heterocycles. The van der Waals surface area contributed by atoms with Crippen molar-refractivity contribution in [3.8, 4) is 0 Å². The molecule has 1 heteroatoms. The van der Waals surface area contributed by atoms with E-state index in [0.29, 0.717) is 0 Å². The average molecular weight is 331 g/mol. The summed E-state index contributed by atoms with van der Waals surface area (Å²) in [6.45, 7) is 11.6. The van der Waals surface area contributed by atoms with Gasteiger partial charge in [-0.1, -0.05) is 98.8 Å². The van der Waals surface area contributed by atoms with Gasteiger partial charge in [0.15, 0.2) is 0 Å². The molecule has 0 rings (SSSR count).